The van der Waals surface area contributed by atoms with Crippen LogP contribution in [0.2, 0.25) is 0 Å². The first-order valence-electron chi connectivity index (χ1n) is 6.34. The molecule has 0 aliphatic heterocycles. The first-order chi connectivity index (χ1) is 8.95. The zero-order valence-electron chi connectivity index (χ0n) is 11.7. The van der Waals surface area contributed by atoms with Crippen LogP contribution in [0.1, 0.15) is 24.5 Å². The lowest BCUT2D eigenvalue weighted by Crippen LogP contribution is -2.36. The Hall–Kier alpha value is -1.62. The Balaban J connectivity index is 2.86. The minimum atomic E-state index is -0.000235. The zero-order valence-corrected chi connectivity index (χ0v) is 12.5. The van der Waals surface area contributed by atoms with Gasteiger partial charge in [-0.1, -0.05) is 25.2 Å². The number of rotatable bonds is 6. The minimum absolute atomic E-state index is 0.000235. The highest BCUT2D eigenvalue weighted by Gasteiger charge is 2.12. The van der Waals surface area contributed by atoms with E-state index < -0.39 is 0 Å². The summed E-state index contributed by atoms with van der Waals surface area (Å²) in [5.74, 6) is -0.000235. The molecule has 0 aliphatic rings. The zero-order chi connectivity index (χ0) is 14.4. The van der Waals surface area contributed by atoms with Gasteiger partial charge in [0, 0.05) is 24.8 Å². The number of hydrogen-bond donors (Lipinski definition) is 2. The quantitative estimate of drug-likeness (QED) is 0.777. The number of likely N-dealkylation sites (N-methyl/N-ethyl adjacent to an activating group) is 1. The molecule has 1 aromatic rings. The maximum atomic E-state index is 11.7. The highest BCUT2D eigenvalue weighted by Crippen LogP contribution is 2.21. The van der Waals surface area contributed by atoms with Crippen molar-refractivity contribution in [2.45, 2.75) is 20.3 Å². The largest absolute Gasteiger partial charge is 0.389 e. The van der Waals surface area contributed by atoms with Crippen LogP contribution in [-0.4, -0.2) is 31.0 Å². The number of carbonyl (C=O) groups excluding carboxylic acids is 1. The molecule has 0 radical (unpaired) electrons. The number of benzene rings is 1. The van der Waals surface area contributed by atoms with Gasteiger partial charge < -0.3 is 16.0 Å². The monoisotopic (exact) mass is 279 g/mol. The van der Waals surface area contributed by atoms with Gasteiger partial charge in [0.2, 0.25) is 5.91 Å². The lowest BCUT2D eigenvalue weighted by molar-refractivity contribution is -0.119. The average Bonchev–Trinajstić information content (AvgIpc) is 2.35. The second kappa shape index (κ2) is 7.09. The average molecular weight is 279 g/mol. The standard InChI is InChI=1S/C14H21N3OS/c1-4-7-16-13(18)9-17(3)12-8-10(2)5-6-11(12)14(15)19/h5-6,8H,4,7,9H2,1-3H3,(H2,15,19)(H,16,18). The molecule has 1 amide bonds. The van der Waals surface area contributed by atoms with Crippen LogP contribution in [0.3, 0.4) is 0 Å². The first-order valence-corrected chi connectivity index (χ1v) is 6.74. The fourth-order valence-electron chi connectivity index (χ4n) is 1.79. The molecular formula is C14H21N3OS. The molecule has 0 saturated heterocycles. The van der Waals surface area contributed by atoms with Gasteiger partial charge in [0.25, 0.3) is 0 Å². The summed E-state index contributed by atoms with van der Waals surface area (Å²) in [6.07, 6.45) is 0.929. The lowest BCUT2D eigenvalue weighted by Gasteiger charge is -2.22. The van der Waals surface area contributed by atoms with Crippen LogP contribution in [0.15, 0.2) is 18.2 Å². The molecule has 1 rings (SSSR count). The summed E-state index contributed by atoms with van der Waals surface area (Å²) in [6.45, 7) is 5.01. The van der Waals surface area contributed by atoms with Crippen LogP contribution in [-0.2, 0) is 4.79 Å². The van der Waals surface area contributed by atoms with E-state index in [0.717, 1.165) is 23.2 Å². The van der Waals surface area contributed by atoms with Gasteiger partial charge in [-0.15, -0.1) is 0 Å². The molecule has 5 heteroatoms. The van der Waals surface area contributed by atoms with Gasteiger partial charge in [-0.05, 0) is 31.0 Å². The predicted molar refractivity (Wildman–Crippen MR) is 83.6 cm³/mol. The van der Waals surface area contributed by atoms with Crippen molar-refractivity contribution >= 4 is 28.8 Å². The molecule has 0 atom stereocenters. The van der Waals surface area contributed by atoms with E-state index in [1.54, 1.807) is 0 Å². The fraction of sp³-hybridized carbons (Fsp3) is 0.429. The number of aryl methyl sites for hydroxylation is 1. The number of nitrogens with two attached hydrogens (primary N) is 1. The Morgan fingerprint density at radius 1 is 1.47 bits per heavy atom. The fourth-order valence-corrected chi connectivity index (χ4v) is 1.96. The number of nitrogens with one attached hydrogen (secondary N) is 1. The van der Waals surface area contributed by atoms with Crippen LogP contribution >= 0.6 is 12.2 Å². The molecule has 0 spiro atoms. The van der Waals surface area contributed by atoms with Crippen LogP contribution in [0.25, 0.3) is 0 Å². The molecule has 0 bridgehead atoms. The summed E-state index contributed by atoms with van der Waals surface area (Å²) in [5, 5.41) is 2.85. The third-order valence-electron chi connectivity index (χ3n) is 2.78. The Kier molecular flexibility index (Phi) is 5.76. The van der Waals surface area contributed by atoms with Crippen molar-refractivity contribution in [3.05, 3.63) is 29.3 Å². The van der Waals surface area contributed by atoms with E-state index in [1.165, 1.54) is 0 Å². The minimum Gasteiger partial charge on any atom is -0.389 e. The predicted octanol–water partition coefficient (Wildman–Crippen LogP) is 1.59. The van der Waals surface area contributed by atoms with Crippen LogP contribution < -0.4 is 16.0 Å². The van der Waals surface area contributed by atoms with Gasteiger partial charge in [0.1, 0.15) is 4.99 Å². The normalized spacial score (nSPS) is 10.1. The summed E-state index contributed by atoms with van der Waals surface area (Å²) < 4.78 is 0. The Bertz CT molecular complexity index is 474. The number of amides is 1. The van der Waals surface area contributed by atoms with E-state index >= 15 is 0 Å². The number of carbonyl (C=O) groups is 1. The molecule has 0 saturated carbocycles. The Morgan fingerprint density at radius 3 is 2.74 bits per heavy atom. The number of hydrogen-bond acceptors (Lipinski definition) is 3. The molecule has 19 heavy (non-hydrogen) atoms. The van der Waals surface area contributed by atoms with Gasteiger partial charge >= 0.3 is 0 Å². The second-order valence-electron chi connectivity index (χ2n) is 4.59. The van der Waals surface area contributed by atoms with E-state index in [1.807, 2.05) is 44.0 Å². The topological polar surface area (TPSA) is 58.4 Å². The van der Waals surface area contributed by atoms with E-state index in [2.05, 4.69) is 5.32 Å². The Morgan fingerprint density at radius 2 is 2.16 bits per heavy atom. The van der Waals surface area contributed by atoms with Gasteiger partial charge in [-0.3, -0.25) is 4.79 Å². The van der Waals surface area contributed by atoms with Gasteiger partial charge in [0.05, 0.1) is 6.54 Å². The molecular weight excluding hydrogens is 258 g/mol. The first kappa shape index (κ1) is 15.4. The Labute approximate surface area is 120 Å². The molecule has 1 aromatic carbocycles. The molecule has 0 aromatic heterocycles. The SMILES string of the molecule is CCCNC(=O)CN(C)c1cc(C)ccc1C(N)=S. The molecule has 0 fully saturated rings. The maximum absolute atomic E-state index is 11.7. The lowest BCUT2D eigenvalue weighted by atomic mass is 10.1. The summed E-state index contributed by atoms with van der Waals surface area (Å²) in [4.78, 5) is 13.9. The van der Waals surface area contributed by atoms with Crippen molar-refractivity contribution in [1.82, 2.24) is 5.32 Å². The third kappa shape index (κ3) is 4.52. The second-order valence-corrected chi connectivity index (χ2v) is 5.03. The van der Waals surface area contributed by atoms with Gasteiger partial charge in [-0.25, -0.2) is 0 Å². The van der Waals surface area contributed by atoms with Crippen molar-refractivity contribution < 1.29 is 4.79 Å². The molecule has 3 N–H and O–H groups in total. The molecule has 0 aliphatic carbocycles. The number of thiocarbonyl (C=S) groups is 1. The van der Waals surface area contributed by atoms with Crippen molar-refractivity contribution in [2.24, 2.45) is 5.73 Å². The number of anilines is 1. The summed E-state index contributed by atoms with van der Waals surface area (Å²) >= 11 is 5.05. The van der Waals surface area contributed by atoms with Crippen molar-refractivity contribution in [1.29, 1.82) is 0 Å². The van der Waals surface area contributed by atoms with Gasteiger partial charge in [0.15, 0.2) is 0 Å². The molecule has 0 unspecified atom stereocenters. The molecule has 4 nitrogen and oxygen atoms in total. The summed E-state index contributed by atoms with van der Waals surface area (Å²) in [5.41, 5.74) is 8.51. The highest BCUT2D eigenvalue weighted by atomic mass is 32.1. The van der Waals surface area contributed by atoms with Gasteiger partial charge in [-0.2, -0.15) is 0 Å². The van der Waals surface area contributed by atoms with Crippen molar-refractivity contribution in [2.75, 3.05) is 25.0 Å². The van der Waals surface area contributed by atoms with E-state index in [0.29, 0.717) is 18.1 Å². The van der Waals surface area contributed by atoms with Crippen LogP contribution in [0, 0.1) is 6.92 Å². The summed E-state index contributed by atoms with van der Waals surface area (Å²) in [6, 6.07) is 5.85. The summed E-state index contributed by atoms with van der Waals surface area (Å²) in [7, 11) is 1.86. The van der Waals surface area contributed by atoms with Crippen molar-refractivity contribution in [3.8, 4) is 0 Å². The molecule has 104 valence electrons. The molecule has 0 heterocycles. The number of nitrogens with zero attached hydrogens (tertiary/aromatic N) is 1. The van der Waals surface area contributed by atoms with E-state index in [4.69, 9.17) is 18.0 Å². The van der Waals surface area contributed by atoms with Crippen LogP contribution in [0.5, 0.6) is 0 Å². The van der Waals surface area contributed by atoms with Crippen molar-refractivity contribution in [3.63, 3.8) is 0 Å². The smallest absolute Gasteiger partial charge is 0.239 e. The third-order valence-corrected chi connectivity index (χ3v) is 3.00. The van der Waals surface area contributed by atoms with E-state index in [9.17, 15) is 4.79 Å². The highest BCUT2D eigenvalue weighted by molar-refractivity contribution is 7.80. The maximum Gasteiger partial charge on any atom is 0.239 e. The van der Waals surface area contributed by atoms with Crippen LogP contribution in [0.4, 0.5) is 5.69 Å². The van der Waals surface area contributed by atoms with E-state index in [-0.39, 0.29) is 5.91 Å².